The van der Waals surface area contributed by atoms with Crippen LogP contribution in [0.5, 0.6) is 0 Å². The zero-order valence-electron chi connectivity index (χ0n) is 9.80. The van der Waals surface area contributed by atoms with Crippen LogP contribution in [0, 0.1) is 0 Å². The number of hydrogen-bond acceptors (Lipinski definition) is 4. The van der Waals surface area contributed by atoms with E-state index in [1.807, 2.05) is 11.0 Å². The van der Waals surface area contributed by atoms with Gasteiger partial charge in [0.1, 0.15) is 6.29 Å². The number of benzene rings is 1. The summed E-state index contributed by atoms with van der Waals surface area (Å²) in [6, 6.07) is 5.35. The summed E-state index contributed by atoms with van der Waals surface area (Å²) < 4.78 is 23.9. The van der Waals surface area contributed by atoms with Gasteiger partial charge in [0.15, 0.2) is 9.84 Å². The Hall–Kier alpha value is -0.880. The van der Waals surface area contributed by atoms with Crippen molar-refractivity contribution in [2.45, 2.75) is 6.42 Å². The summed E-state index contributed by atoms with van der Waals surface area (Å²) >= 11 is 3.43. The first kappa shape index (κ1) is 13.5. The Balaban J connectivity index is 2.24. The first-order chi connectivity index (χ1) is 8.52. The lowest BCUT2D eigenvalue weighted by molar-refractivity contribution is 0.112. The summed E-state index contributed by atoms with van der Waals surface area (Å²) in [5.41, 5.74) is 1.55. The van der Waals surface area contributed by atoms with Gasteiger partial charge in [-0.2, -0.15) is 0 Å². The summed E-state index contributed by atoms with van der Waals surface area (Å²) in [5, 5.41) is 0. The van der Waals surface area contributed by atoms with E-state index < -0.39 is 9.84 Å². The van der Waals surface area contributed by atoms with E-state index in [0.717, 1.165) is 23.0 Å². The normalized spacial score (nSPS) is 19.3. The van der Waals surface area contributed by atoms with Crippen molar-refractivity contribution in [3.05, 3.63) is 28.2 Å². The van der Waals surface area contributed by atoms with E-state index in [0.29, 0.717) is 18.5 Å². The molecule has 0 atom stereocenters. The van der Waals surface area contributed by atoms with Crippen LogP contribution in [0.3, 0.4) is 0 Å². The minimum atomic E-state index is -2.90. The Morgan fingerprint density at radius 3 is 2.67 bits per heavy atom. The standard InChI is InChI=1S/C12H14BrNO3S/c13-11-8-10(9-15)2-3-12(11)14-4-1-6-18(16,17)7-5-14/h2-3,8-9H,1,4-7H2. The SMILES string of the molecule is O=Cc1ccc(N2CCCS(=O)(=O)CC2)c(Br)c1. The molecule has 0 unspecified atom stereocenters. The maximum atomic E-state index is 11.5. The van der Waals surface area contributed by atoms with E-state index >= 15 is 0 Å². The zero-order chi connectivity index (χ0) is 13.2. The largest absolute Gasteiger partial charge is 0.370 e. The maximum absolute atomic E-state index is 11.5. The third kappa shape index (κ3) is 3.11. The number of aldehydes is 1. The molecule has 98 valence electrons. The lowest BCUT2D eigenvalue weighted by Gasteiger charge is -2.23. The first-order valence-corrected chi connectivity index (χ1v) is 8.33. The van der Waals surface area contributed by atoms with Crippen molar-refractivity contribution in [1.29, 1.82) is 0 Å². The van der Waals surface area contributed by atoms with Crippen molar-refractivity contribution in [2.75, 3.05) is 29.5 Å². The zero-order valence-corrected chi connectivity index (χ0v) is 12.2. The maximum Gasteiger partial charge on any atom is 0.152 e. The van der Waals surface area contributed by atoms with E-state index in [2.05, 4.69) is 15.9 Å². The van der Waals surface area contributed by atoms with Crippen molar-refractivity contribution in [2.24, 2.45) is 0 Å². The van der Waals surface area contributed by atoms with Crippen LogP contribution in [0.1, 0.15) is 16.8 Å². The molecule has 0 amide bonds. The molecule has 0 N–H and O–H groups in total. The third-order valence-electron chi connectivity index (χ3n) is 3.00. The Morgan fingerprint density at radius 2 is 2.00 bits per heavy atom. The molecule has 2 rings (SSSR count). The van der Waals surface area contributed by atoms with Gasteiger partial charge in [-0.05, 0) is 40.5 Å². The van der Waals surface area contributed by atoms with Crippen LogP contribution < -0.4 is 4.90 Å². The third-order valence-corrected chi connectivity index (χ3v) is 5.35. The monoisotopic (exact) mass is 331 g/mol. The lowest BCUT2D eigenvalue weighted by Crippen LogP contribution is -2.27. The van der Waals surface area contributed by atoms with Crippen molar-refractivity contribution in [3.63, 3.8) is 0 Å². The van der Waals surface area contributed by atoms with Crippen LogP contribution in [-0.2, 0) is 9.84 Å². The van der Waals surface area contributed by atoms with Gasteiger partial charge in [0, 0.05) is 23.1 Å². The molecule has 0 aliphatic carbocycles. The second kappa shape index (κ2) is 5.40. The van der Waals surface area contributed by atoms with Crippen molar-refractivity contribution >= 4 is 37.7 Å². The number of anilines is 1. The fourth-order valence-corrected chi connectivity index (χ4v) is 3.95. The second-order valence-corrected chi connectivity index (χ2v) is 7.48. The number of halogens is 1. The van der Waals surface area contributed by atoms with Gasteiger partial charge in [-0.3, -0.25) is 4.79 Å². The Bertz CT molecular complexity index is 556. The van der Waals surface area contributed by atoms with Crippen LogP contribution in [-0.4, -0.2) is 39.3 Å². The molecule has 0 radical (unpaired) electrons. The molecule has 1 fully saturated rings. The number of rotatable bonds is 2. The van der Waals surface area contributed by atoms with E-state index in [9.17, 15) is 13.2 Å². The number of hydrogen-bond donors (Lipinski definition) is 0. The Labute approximate surface area is 115 Å². The van der Waals surface area contributed by atoms with Gasteiger partial charge in [-0.1, -0.05) is 0 Å². The first-order valence-electron chi connectivity index (χ1n) is 5.72. The van der Waals surface area contributed by atoms with Crippen LogP contribution >= 0.6 is 15.9 Å². The predicted molar refractivity (Wildman–Crippen MR) is 75.0 cm³/mol. The van der Waals surface area contributed by atoms with Gasteiger partial charge < -0.3 is 4.90 Å². The van der Waals surface area contributed by atoms with E-state index in [-0.39, 0.29) is 11.5 Å². The number of nitrogens with zero attached hydrogens (tertiary/aromatic N) is 1. The second-order valence-electron chi connectivity index (χ2n) is 4.32. The molecule has 18 heavy (non-hydrogen) atoms. The molecule has 1 aromatic carbocycles. The predicted octanol–water partition coefficient (Wildman–Crippen LogP) is 1.89. The van der Waals surface area contributed by atoms with Crippen molar-refractivity contribution in [1.82, 2.24) is 0 Å². The van der Waals surface area contributed by atoms with Gasteiger partial charge in [0.2, 0.25) is 0 Å². The minimum Gasteiger partial charge on any atom is -0.370 e. The van der Waals surface area contributed by atoms with Gasteiger partial charge in [0.05, 0.1) is 17.2 Å². The number of carbonyl (C=O) groups is 1. The molecule has 4 nitrogen and oxygen atoms in total. The van der Waals surface area contributed by atoms with Crippen molar-refractivity contribution < 1.29 is 13.2 Å². The molecule has 6 heteroatoms. The smallest absolute Gasteiger partial charge is 0.152 e. The average Bonchev–Trinajstić information content (AvgIpc) is 2.50. The molecule has 1 heterocycles. The van der Waals surface area contributed by atoms with Crippen LogP contribution in [0.2, 0.25) is 0 Å². The van der Waals surface area contributed by atoms with E-state index in [1.165, 1.54) is 0 Å². The highest BCUT2D eigenvalue weighted by Gasteiger charge is 2.20. The number of sulfone groups is 1. The molecule has 1 saturated heterocycles. The Morgan fingerprint density at radius 1 is 1.22 bits per heavy atom. The summed E-state index contributed by atoms with van der Waals surface area (Å²) in [6.45, 7) is 1.22. The minimum absolute atomic E-state index is 0.189. The molecular weight excluding hydrogens is 318 g/mol. The van der Waals surface area contributed by atoms with Crippen LogP contribution in [0.4, 0.5) is 5.69 Å². The quantitative estimate of drug-likeness (QED) is 0.776. The van der Waals surface area contributed by atoms with Crippen molar-refractivity contribution in [3.8, 4) is 0 Å². The molecule has 0 aromatic heterocycles. The van der Waals surface area contributed by atoms with Crippen LogP contribution in [0.25, 0.3) is 0 Å². The van der Waals surface area contributed by atoms with Gasteiger partial charge in [-0.15, -0.1) is 0 Å². The topological polar surface area (TPSA) is 54.5 Å². The molecule has 1 aromatic rings. The highest BCUT2D eigenvalue weighted by molar-refractivity contribution is 9.10. The van der Waals surface area contributed by atoms with Crippen LogP contribution in [0.15, 0.2) is 22.7 Å². The summed E-state index contributed by atoms with van der Waals surface area (Å²) in [6.07, 6.45) is 1.44. The summed E-state index contributed by atoms with van der Waals surface area (Å²) in [5.74, 6) is 0.447. The number of carbonyl (C=O) groups excluding carboxylic acids is 1. The van der Waals surface area contributed by atoms with Gasteiger partial charge in [0.25, 0.3) is 0 Å². The molecule has 0 saturated carbocycles. The van der Waals surface area contributed by atoms with Gasteiger partial charge >= 0.3 is 0 Å². The molecule has 0 bridgehead atoms. The lowest BCUT2D eigenvalue weighted by atomic mass is 10.2. The fraction of sp³-hybridized carbons (Fsp3) is 0.417. The Kier molecular flexibility index (Phi) is 4.07. The van der Waals surface area contributed by atoms with Gasteiger partial charge in [-0.25, -0.2) is 8.42 Å². The van der Waals surface area contributed by atoms with E-state index in [4.69, 9.17) is 0 Å². The average molecular weight is 332 g/mol. The fourth-order valence-electron chi connectivity index (χ4n) is 2.03. The van der Waals surface area contributed by atoms with E-state index in [1.54, 1.807) is 12.1 Å². The molecule has 0 spiro atoms. The summed E-state index contributed by atoms with van der Waals surface area (Å²) in [4.78, 5) is 12.7. The highest BCUT2D eigenvalue weighted by Crippen LogP contribution is 2.28. The molecule has 1 aliphatic heterocycles. The molecular formula is C12H14BrNO3S. The molecule has 1 aliphatic rings. The summed E-state index contributed by atoms with van der Waals surface area (Å²) in [7, 11) is -2.90. The highest BCUT2D eigenvalue weighted by atomic mass is 79.9.